The van der Waals surface area contributed by atoms with Crippen molar-refractivity contribution in [3.05, 3.63) is 0 Å². The van der Waals surface area contributed by atoms with Crippen LogP contribution in [0.25, 0.3) is 0 Å². The van der Waals surface area contributed by atoms with Gasteiger partial charge in [-0.1, -0.05) is 0 Å². The summed E-state index contributed by atoms with van der Waals surface area (Å²) in [6, 6.07) is 0. The van der Waals surface area contributed by atoms with E-state index < -0.39 is 15.1 Å². The van der Waals surface area contributed by atoms with Crippen molar-refractivity contribution in [2.75, 3.05) is 25.4 Å². The van der Waals surface area contributed by atoms with Gasteiger partial charge in [0.1, 0.15) is 0 Å². The molecule has 14 heavy (non-hydrogen) atoms. The minimum Gasteiger partial charge on any atom is -0.395 e. The van der Waals surface area contributed by atoms with Gasteiger partial charge >= 0.3 is 0 Å². The molecule has 0 aromatic carbocycles. The number of sulfone groups is 1. The van der Waals surface area contributed by atoms with Gasteiger partial charge in [-0.15, -0.1) is 0 Å². The van der Waals surface area contributed by atoms with E-state index in [1.165, 1.54) is 0 Å². The number of nitrogens with zero attached hydrogens (tertiary/aromatic N) is 1. The molecule has 1 atom stereocenters. The first-order chi connectivity index (χ1) is 6.27. The minimum absolute atomic E-state index is 0.0244. The van der Waals surface area contributed by atoms with Gasteiger partial charge in [0.05, 0.1) is 17.6 Å². The number of aliphatic hydroxyl groups is 1. The van der Waals surface area contributed by atoms with Crippen LogP contribution in [0.3, 0.4) is 0 Å². The van der Waals surface area contributed by atoms with Crippen LogP contribution in [0.15, 0.2) is 0 Å². The van der Waals surface area contributed by atoms with E-state index in [0.29, 0.717) is 13.1 Å². The lowest BCUT2D eigenvalue weighted by Gasteiger charge is -2.40. The molecule has 1 heterocycles. The molecule has 84 valence electrons. The Labute approximate surface area is 85.8 Å². The second kappa shape index (κ2) is 3.79. The van der Waals surface area contributed by atoms with Gasteiger partial charge in [0.25, 0.3) is 0 Å². The van der Waals surface area contributed by atoms with Crippen LogP contribution < -0.4 is 0 Å². The maximum absolute atomic E-state index is 11.5. The fourth-order valence-electron chi connectivity index (χ4n) is 1.64. The van der Waals surface area contributed by atoms with E-state index in [1.54, 1.807) is 0 Å². The van der Waals surface area contributed by atoms with Crippen molar-refractivity contribution in [1.82, 2.24) is 4.90 Å². The molecule has 1 rings (SSSR count). The molecular formula is C9H19NO3S. The first kappa shape index (κ1) is 11.9. The highest BCUT2D eigenvalue weighted by molar-refractivity contribution is 7.92. The van der Waals surface area contributed by atoms with Crippen molar-refractivity contribution >= 4 is 9.84 Å². The summed E-state index contributed by atoms with van der Waals surface area (Å²) in [6.45, 7) is 6.91. The van der Waals surface area contributed by atoms with E-state index in [0.717, 1.165) is 0 Å². The second-order valence-corrected chi connectivity index (χ2v) is 7.19. The maximum Gasteiger partial charge on any atom is 0.157 e. The van der Waals surface area contributed by atoms with E-state index in [4.69, 9.17) is 5.11 Å². The SMILES string of the molecule is CC(C)(C)N1CCS(=O)(=O)C(CO)C1. The average molecular weight is 221 g/mol. The fourth-order valence-corrected chi connectivity index (χ4v) is 3.08. The lowest BCUT2D eigenvalue weighted by Crippen LogP contribution is -2.54. The van der Waals surface area contributed by atoms with E-state index in [-0.39, 0.29) is 17.9 Å². The van der Waals surface area contributed by atoms with Gasteiger partial charge in [0, 0.05) is 18.6 Å². The van der Waals surface area contributed by atoms with Crippen molar-refractivity contribution in [3.63, 3.8) is 0 Å². The van der Waals surface area contributed by atoms with Crippen LogP contribution >= 0.6 is 0 Å². The molecule has 0 aromatic rings. The molecule has 0 aliphatic carbocycles. The molecule has 5 heteroatoms. The van der Waals surface area contributed by atoms with Gasteiger partial charge in [-0.25, -0.2) is 8.42 Å². The Balaban J connectivity index is 2.77. The van der Waals surface area contributed by atoms with Gasteiger partial charge in [-0.05, 0) is 20.8 Å². The Morgan fingerprint density at radius 3 is 2.43 bits per heavy atom. The summed E-state index contributed by atoms with van der Waals surface area (Å²) >= 11 is 0. The molecule has 1 saturated heterocycles. The third-order valence-electron chi connectivity index (χ3n) is 2.73. The molecule has 4 nitrogen and oxygen atoms in total. The first-order valence-corrected chi connectivity index (χ1v) is 6.56. The molecule has 0 aromatic heterocycles. The number of hydrogen-bond acceptors (Lipinski definition) is 4. The highest BCUT2D eigenvalue weighted by atomic mass is 32.2. The third-order valence-corrected chi connectivity index (χ3v) is 4.80. The van der Waals surface area contributed by atoms with Crippen molar-refractivity contribution in [1.29, 1.82) is 0 Å². The van der Waals surface area contributed by atoms with Crippen molar-refractivity contribution in [2.45, 2.75) is 31.6 Å². The predicted octanol–water partition coefficient (Wildman–Crippen LogP) is -0.124. The Morgan fingerprint density at radius 2 is 2.00 bits per heavy atom. The van der Waals surface area contributed by atoms with Gasteiger partial charge in [0.2, 0.25) is 0 Å². The quantitative estimate of drug-likeness (QED) is 0.670. The van der Waals surface area contributed by atoms with E-state index in [2.05, 4.69) is 25.7 Å². The number of aliphatic hydroxyl groups excluding tert-OH is 1. The number of rotatable bonds is 1. The Kier molecular flexibility index (Phi) is 3.23. The molecular weight excluding hydrogens is 202 g/mol. The van der Waals surface area contributed by atoms with Crippen molar-refractivity contribution in [3.8, 4) is 0 Å². The molecule has 1 aliphatic heterocycles. The van der Waals surface area contributed by atoms with Crippen LogP contribution in [0.1, 0.15) is 20.8 Å². The van der Waals surface area contributed by atoms with Crippen LogP contribution in [0.2, 0.25) is 0 Å². The summed E-state index contributed by atoms with van der Waals surface area (Å²) in [5.74, 6) is 0.162. The molecule has 0 bridgehead atoms. The Morgan fingerprint density at radius 1 is 1.43 bits per heavy atom. The molecule has 1 unspecified atom stereocenters. The standard InChI is InChI=1S/C9H19NO3S/c1-9(2,3)10-4-5-14(12,13)8(6-10)7-11/h8,11H,4-7H2,1-3H3. The average Bonchev–Trinajstić information content (AvgIpc) is 2.01. The lowest BCUT2D eigenvalue weighted by atomic mass is 10.1. The first-order valence-electron chi connectivity index (χ1n) is 4.85. The van der Waals surface area contributed by atoms with E-state index in [1.807, 2.05) is 0 Å². The molecule has 0 spiro atoms. The highest BCUT2D eigenvalue weighted by Gasteiger charge is 2.36. The molecule has 1 aliphatic rings. The zero-order valence-electron chi connectivity index (χ0n) is 9.02. The molecule has 1 N–H and O–H groups in total. The molecule has 0 radical (unpaired) electrons. The maximum atomic E-state index is 11.5. The summed E-state index contributed by atoms with van der Waals surface area (Å²) in [5.41, 5.74) is -0.0244. The lowest BCUT2D eigenvalue weighted by molar-refractivity contribution is 0.126. The molecule has 0 amide bonds. The Bertz CT molecular complexity index is 292. The van der Waals surface area contributed by atoms with Gasteiger partial charge < -0.3 is 5.11 Å². The third kappa shape index (κ3) is 2.46. The fraction of sp³-hybridized carbons (Fsp3) is 1.00. The highest BCUT2D eigenvalue weighted by Crippen LogP contribution is 2.20. The van der Waals surface area contributed by atoms with Crippen LogP contribution in [0.5, 0.6) is 0 Å². The van der Waals surface area contributed by atoms with Gasteiger partial charge in [-0.3, -0.25) is 4.90 Å². The van der Waals surface area contributed by atoms with E-state index in [9.17, 15) is 8.42 Å². The smallest absolute Gasteiger partial charge is 0.157 e. The van der Waals surface area contributed by atoms with Crippen LogP contribution in [0, 0.1) is 0 Å². The summed E-state index contributed by atoms with van der Waals surface area (Å²) in [7, 11) is -3.06. The summed E-state index contributed by atoms with van der Waals surface area (Å²) < 4.78 is 23.0. The molecule has 0 saturated carbocycles. The Hall–Kier alpha value is -0.130. The van der Waals surface area contributed by atoms with Gasteiger partial charge in [0.15, 0.2) is 9.84 Å². The summed E-state index contributed by atoms with van der Waals surface area (Å²) in [4.78, 5) is 2.11. The topological polar surface area (TPSA) is 57.6 Å². The van der Waals surface area contributed by atoms with E-state index >= 15 is 0 Å². The number of hydrogen-bond donors (Lipinski definition) is 1. The zero-order valence-corrected chi connectivity index (χ0v) is 9.84. The minimum atomic E-state index is -3.06. The van der Waals surface area contributed by atoms with Crippen LogP contribution in [0.4, 0.5) is 0 Å². The van der Waals surface area contributed by atoms with Gasteiger partial charge in [-0.2, -0.15) is 0 Å². The normalized spacial score (nSPS) is 29.0. The zero-order chi connectivity index (χ0) is 11.0. The largest absolute Gasteiger partial charge is 0.395 e. The monoisotopic (exact) mass is 221 g/mol. The predicted molar refractivity (Wildman–Crippen MR) is 56.0 cm³/mol. The van der Waals surface area contributed by atoms with Crippen molar-refractivity contribution < 1.29 is 13.5 Å². The molecule has 1 fully saturated rings. The van der Waals surface area contributed by atoms with Crippen LogP contribution in [-0.2, 0) is 9.84 Å². The summed E-state index contributed by atoms with van der Waals surface area (Å²) in [5, 5.41) is 8.40. The summed E-state index contributed by atoms with van der Waals surface area (Å²) in [6.07, 6.45) is 0. The van der Waals surface area contributed by atoms with Crippen LogP contribution in [-0.4, -0.2) is 54.7 Å². The second-order valence-electron chi connectivity index (χ2n) is 4.79. The van der Waals surface area contributed by atoms with Crippen molar-refractivity contribution in [2.24, 2.45) is 0 Å².